The molecular formula is C15H20BrNO2. The van der Waals surface area contributed by atoms with Gasteiger partial charge < -0.3 is 9.64 Å². The summed E-state index contributed by atoms with van der Waals surface area (Å²) in [5.41, 5.74) is 1.61. The molecule has 0 spiro atoms. The predicted octanol–water partition coefficient (Wildman–Crippen LogP) is 3.40. The van der Waals surface area contributed by atoms with Gasteiger partial charge in [-0.05, 0) is 54.8 Å². The van der Waals surface area contributed by atoms with Crippen molar-refractivity contribution in [3.05, 3.63) is 33.8 Å². The van der Waals surface area contributed by atoms with Gasteiger partial charge in [0.15, 0.2) is 0 Å². The fourth-order valence-electron chi connectivity index (χ4n) is 2.52. The Labute approximate surface area is 123 Å². The maximum absolute atomic E-state index is 12.6. The zero-order valence-corrected chi connectivity index (χ0v) is 13.3. The molecule has 1 amide bonds. The molecule has 1 atom stereocenters. The Morgan fingerprint density at radius 3 is 2.89 bits per heavy atom. The van der Waals surface area contributed by atoms with Gasteiger partial charge in [0, 0.05) is 24.7 Å². The summed E-state index contributed by atoms with van der Waals surface area (Å²) in [5, 5.41) is 0. The van der Waals surface area contributed by atoms with Crippen molar-refractivity contribution in [2.24, 2.45) is 0 Å². The molecular weight excluding hydrogens is 306 g/mol. The van der Waals surface area contributed by atoms with E-state index < -0.39 is 0 Å². The minimum atomic E-state index is -0.218. The van der Waals surface area contributed by atoms with E-state index >= 15 is 0 Å². The van der Waals surface area contributed by atoms with Crippen LogP contribution in [0.25, 0.3) is 0 Å². The number of rotatable bonds is 2. The van der Waals surface area contributed by atoms with E-state index in [9.17, 15) is 4.79 Å². The van der Waals surface area contributed by atoms with E-state index in [2.05, 4.69) is 22.9 Å². The van der Waals surface area contributed by atoms with Crippen LogP contribution < -0.4 is 0 Å². The summed E-state index contributed by atoms with van der Waals surface area (Å²) in [6.07, 6.45) is 1.99. The molecule has 0 aliphatic carbocycles. The zero-order chi connectivity index (χ0) is 14.0. The Morgan fingerprint density at radius 2 is 2.21 bits per heavy atom. The molecule has 19 heavy (non-hydrogen) atoms. The van der Waals surface area contributed by atoms with Crippen LogP contribution in [0.5, 0.6) is 0 Å². The molecule has 4 heteroatoms. The highest BCUT2D eigenvalue weighted by atomic mass is 79.9. The number of hydrogen-bond acceptors (Lipinski definition) is 2. The van der Waals surface area contributed by atoms with Gasteiger partial charge in [-0.2, -0.15) is 0 Å². The van der Waals surface area contributed by atoms with Gasteiger partial charge in [-0.15, -0.1) is 0 Å². The highest BCUT2D eigenvalue weighted by Crippen LogP contribution is 2.27. The second-order valence-electron chi connectivity index (χ2n) is 5.47. The number of halogens is 1. The van der Waals surface area contributed by atoms with Crippen LogP contribution in [0.1, 0.15) is 35.7 Å². The zero-order valence-electron chi connectivity index (χ0n) is 11.7. The standard InChI is InChI=1S/C15H20BrNO2/c1-11-5-6-13(16)12(9-11)14(18)17-8-4-7-15(2,10-17)19-3/h5-6,9H,4,7-8,10H2,1-3H3. The van der Waals surface area contributed by atoms with Gasteiger partial charge in [0.1, 0.15) is 0 Å². The largest absolute Gasteiger partial charge is 0.377 e. The van der Waals surface area contributed by atoms with Gasteiger partial charge in [0.2, 0.25) is 0 Å². The van der Waals surface area contributed by atoms with Crippen molar-refractivity contribution in [2.75, 3.05) is 20.2 Å². The Bertz CT molecular complexity index is 489. The summed E-state index contributed by atoms with van der Waals surface area (Å²) >= 11 is 3.46. The third-order valence-electron chi connectivity index (χ3n) is 3.79. The molecule has 0 bridgehead atoms. The number of likely N-dealkylation sites (tertiary alicyclic amines) is 1. The number of hydrogen-bond donors (Lipinski definition) is 0. The van der Waals surface area contributed by atoms with Gasteiger partial charge >= 0.3 is 0 Å². The van der Waals surface area contributed by atoms with E-state index in [0.717, 1.165) is 35.0 Å². The average Bonchev–Trinajstić information content (AvgIpc) is 2.41. The number of carbonyl (C=O) groups is 1. The molecule has 2 rings (SSSR count). The van der Waals surface area contributed by atoms with Crippen LogP contribution in [0.2, 0.25) is 0 Å². The lowest BCUT2D eigenvalue weighted by Gasteiger charge is -2.39. The summed E-state index contributed by atoms with van der Waals surface area (Å²) in [5.74, 6) is 0.0820. The Balaban J connectivity index is 2.22. The molecule has 1 unspecified atom stereocenters. The first-order chi connectivity index (χ1) is 8.95. The van der Waals surface area contributed by atoms with E-state index in [1.54, 1.807) is 7.11 Å². The first-order valence-electron chi connectivity index (χ1n) is 6.56. The monoisotopic (exact) mass is 325 g/mol. The second kappa shape index (κ2) is 5.63. The van der Waals surface area contributed by atoms with Gasteiger partial charge in [0.05, 0.1) is 11.2 Å². The summed E-state index contributed by atoms with van der Waals surface area (Å²) in [6, 6.07) is 5.86. The van der Waals surface area contributed by atoms with Crippen molar-refractivity contribution in [1.29, 1.82) is 0 Å². The molecule has 1 aromatic carbocycles. The number of piperidine rings is 1. The third kappa shape index (κ3) is 3.18. The fourth-order valence-corrected chi connectivity index (χ4v) is 2.94. The van der Waals surface area contributed by atoms with Crippen molar-refractivity contribution in [3.63, 3.8) is 0 Å². The van der Waals surface area contributed by atoms with E-state index in [-0.39, 0.29) is 11.5 Å². The van der Waals surface area contributed by atoms with Gasteiger partial charge in [-0.1, -0.05) is 11.6 Å². The molecule has 1 aliphatic heterocycles. The van der Waals surface area contributed by atoms with Crippen LogP contribution in [0.4, 0.5) is 0 Å². The lowest BCUT2D eigenvalue weighted by molar-refractivity contribution is -0.0440. The quantitative estimate of drug-likeness (QED) is 0.834. The number of nitrogens with zero attached hydrogens (tertiary/aromatic N) is 1. The van der Waals surface area contributed by atoms with E-state index in [1.807, 2.05) is 30.0 Å². The van der Waals surface area contributed by atoms with Gasteiger partial charge in [-0.3, -0.25) is 4.79 Å². The van der Waals surface area contributed by atoms with Crippen LogP contribution in [-0.4, -0.2) is 36.6 Å². The van der Waals surface area contributed by atoms with Crippen molar-refractivity contribution in [1.82, 2.24) is 4.90 Å². The van der Waals surface area contributed by atoms with E-state index in [1.165, 1.54) is 0 Å². The first-order valence-corrected chi connectivity index (χ1v) is 7.35. The second-order valence-corrected chi connectivity index (χ2v) is 6.32. The van der Waals surface area contributed by atoms with Crippen LogP contribution in [0.3, 0.4) is 0 Å². The average molecular weight is 326 g/mol. The fraction of sp³-hybridized carbons (Fsp3) is 0.533. The maximum Gasteiger partial charge on any atom is 0.255 e. The topological polar surface area (TPSA) is 29.5 Å². The van der Waals surface area contributed by atoms with Crippen molar-refractivity contribution >= 4 is 21.8 Å². The Hall–Kier alpha value is -0.870. The molecule has 1 saturated heterocycles. The van der Waals surface area contributed by atoms with Crippen LogP contribution in [0.15, 0.2) is 22.7 Å². The molecule has 104 valence electrons. The molecule has 0 saturated carbocycles. The summed E-state index contributed by atoms with van der Waals surface area (Å²) < 4.78 is 6.40. The lowest BCUT2D eigenvalue weighted by Crippen LogP contribution is -2.49. The molecule has 1 aromatic rings. The number of ether oxygens (including phenoxy) is 1. The Kier molecular flexibility index (Phi) is 4.31. The Morgan fingerprint density at radius 1 is 1.47 bits per heavy atom. The van der Waals surface area contributed by atoms with Crippen LogP contribution in [0, 0.1) is 6.92 Å². The summed E-state index contributed by atoms with van der Waals surface area (Å²) in [4.78, 5) is 14.5. The molecule has 1 heterocycles. The summed E-state index contributed by atoms with van der Waals surface area (Å²) in [7, 11) is 1.72. The highest BCUT2D eigenvalue weighted by Gasteiger charge is 2.33. The van der Waals surface area contributed by atoms with Crippen molar-refractivity contribution in [3.8, 4) is 0 Å². The normalized spacial score (nSPS) is 23.5. The smallest absolute Gasteiger partial charge is 0.255 e. The lowest BCUT2D eigenvalue weighted by atomic mass is 9.94. The van der Waals surface area contributed by atoms with E-state index in [4.69, 9.17) is 4.74 Å². The molecule has 1 aliphatic rings. The maximum atomic E-state index is 12.6. The van der Waals surface area contributed by atoms with Crippen molar-refractivity contribution in [2.45, 2.75) is 32.3 Å². The minimum absolute atomic E-state index is 0.0820. The third-order valence-corrected chi connectivity index (χ3v) is 4.48. The van der Waals surface area contributed by atoms with Crippen LogP contribution >= 0.6 is 15.9 Å². The number of amides is 1. The number of aryl methyl sites for hydroxylation is 1. The van der Waals surface area contributed by atoms with Crippen molar-refractivity contribution < 1.29 is 9.53 Å². The summed E-state index contributed by atoms with van der Waals surface area (Å²) in [6.45, 7) is 5.53. The number of carbonyl (C=O) groups excluding carboxylic acids is 1. The number of benzene rings is 1. The van der Waals surface area contributed by atoms with Gasteiger partial charge in [0.25, 0.3) is 5.91 Å². The molecule has 1 fully saturated rings. The molecule has 3 nitrogen and oxygen atoms in total. The van der Waals surface area contributed by atoms with Crippen LogP contribution in [-0.2, 0) is 4.74 Å². The van der Waals surface area contributed by atoms with E-state index in [0.29, 0.717) is 6.54 Å². The molecule has 0 aromatic heterocycles. The SMILES string of the molecule is COC1(C)CCCN(C(=O)c2cc(C)ccc2Br)C1. The number of methoxy groups -OCH3 is 1. The predicted molar refractivity (Wildman–Crippen MR) is 79.4 cm³/mol. The first kappa shape index (κ1) is 14.5. The molecule has 0 radical (unpaired) electrons. The van der Waals surface area contributed by atoms with Gasteiger partial charge in [-0.25, -0.2) is 0 Å². The molecule has 0 N–H and O–H groups in total. The highest BCUT2D eigenvalue weighted by molar-refractivity contribution is 9.10. The minimum Gasteiger partial charge on any atom is -0.377 e.